The number of nitrogens with zero attached hydrogens (tertiary/aromatic N) is 2. The third kappa shape index (κ3) is 3.89. The lowest BCUT2D eigenvalue weighted by Crippen LogP contribution is -2.18. The molecular formula is C27H25ClN2O3. The van der Waals surface area contributed by atoms with Gasteiger partial charge in [-0.05, 0) is 69.7 Å². The number of para-hydroxylation sites is 1. The van der Waals surface area contributed by atoms with E-state index in [0.29, 0.717) is 16.4 Å². The van der Waals surface area contributed by atoms with Gasteiger partial charge >= 0.3 is 5.97 Å². The minimum absolute atomic E-state index is 0.0456. The fourth-order valence-electron chi connectivity index (χ4n) is 4.27. The van der Waals surface area contributed by atoms with E-state index in [1.807, 2.05) is 86.3 Å². The summed E-state index contributed by atoms with van der Waals surface area (Å²) >= 11 is 6.45. The lowest BCUT2D eigenvalue weighted by Gasteiger charge is -2.21. The standard InChI is InChI=1S/C27H25ClN2O3/c1-16-10-12-21(13-11-16)30-19(4)25(27(32)33-5)26(31)24(30)15-20-14-17(2)29(18(20)3)23-9-7-6-8-22(23)28/h6-15H,1-5H3/b24-15-. The molecule has 0 saturated carbocycles. The summed E-state index contributed by atoms with van der Waals surface area (Å²) in [5.74, 6) is -0.998. The van der Waals surface area contributed by atoms with Crippen LogP contribution in [0.3, 0.4) is 0 Å². The lowest BCUT2D eigenvalue weighted by molar-refractivity contribution is -0.137. The molecule has 0 fully saturated rings. The molecule has 0 N–H and O–H groups in total. The summed E-state index contributed by atoms with van der Waals surface area (Å²) in [4.78, 5) is 27.7. The van der Waals surface area contributed by atoms with Gasteiger partial charge < -0.3 is 14.2 Å². The number of Topliss-reactive ketones (excluding diaryl/α,β-unsaturated/α-hetero) is 1. The number of ether oxygens (including phenoxy) is 1. The van der Waals surface area contributed by atoms with Gasteiger partial charge in [-0.3, -0.25) is 4.79 Å². The summed E-state index contributed by atoms with van der Waals surface area (Å²) in [6.07, 6.45) is 1.83. The highest BCUT2D eigenvalue weighted by Crippen LogP contribution is 2.37. The van der Waals surface area contributed by atoms with E-state index < -0.39 is 5.97 Å². The molecule has 1 aliphatic rings. The number of hydrogen-bond acceptors (Lipinski definition) is 4. The number of aromatic nitrogens is 1. The van der Waals surface area contributed by atoms with E-state index in [2.05, 4.69) is 4.57 Å². The molecule has 0 amide bonds. The highest BCUT2D eigenvalue weighted by molar-refractivity contribution is 6.32. The number of anilines is 1. The van der Waals surface area contributed by atoms with Crippen LogP contribution in [0.4, 0.5) is 5.69 Å². The summed E-state index contributed by atoms with van der Waals surface area (Å²) in [7, 11) is 1.28. The van der Waals surface area contributed by atoms with Crippen LogP contribution >= 0.6 is 11.6 Å². The molecule has 2 heterocycles. The summed E-state index contributed by atoms with van der Waals surface area (Å²) in [5, 5.41) is 0.641. The summed E-state index contributed by atoms with van der Waals surface area (Å²) < 4.78 is 6.97. The predicted octanol–water partition coefficient (Wildman–Crippen LogP) is 5.93. The Hall–Kier alpha value is -3.57. The number of ketones is 1. The number of aryl methyl sites for hydroxylation is 2. The molecule has 2 aromatic carbocycles. The Bertz CT molecular complexity index is 1330. The van der Waals surface area contributed by atoms with Crippen LogP contribution in [-0.4, -0.2) is 23.4 Å². The van der Waals surface area contributed by atoms with E-state index in [1.165, 1.54) is 7.11 Å². The average molecular weight is 461 g/mol. The second kappa shape index (κ2) is 8.75. The van der Waals surface area contributed by atoms with Gasteiger partial charge in [0.25, 0.3) is 0 Å². The van der Waals surface area contributed by atoms with Gasteiger partial charge in [-0.15, -0.1) is 0 Å². The third-order valence-corrected chi connectivity index (χ3v) is 6.25. The zero-order chi connectivity index (χ0) is 23.9. The molecule has 168 valence electrons. The van der Waals surface area contributed by atoms with Crippen LogP contribution in [0.5, 0.6) is 0 Å². The van der Waals surface area contributed by atoms with E-state index in [4.69, 9.17) is 16.3 Å². The highest BCUT2D eigenvalue weighted by atomic mass is 35.5. The quantitative estimate of drug-likeness (QED) is 0.275. The van der Waals surface area contributed by atoms with Crippen molar-refractivity contribution in [3.05, 3.63) is 99.1 Å². The van der Waals surface area contributed by atoms with Gasteiger partial charge in [-0.25, -0.2) is 4.79 Å². The van der Waals surface area contributed by atoms with Crippen molar-refractivity contribution in [2.45, 2.75) is 27.7 Å². The summed E-state index contributed by atoms with van der Waals surface area (Å²) in [5.41, 5.74) is 6.56. The van der Waals surface area contributed by atoms with Crippen molar-refractivity contribution < 1.29 is 14.3 Å². The van der Waals surface area contributed by atoms with E-state index in [-0.39, 0.29) is 11.4 Å². The minimum atomic E-state index is -0.639. The minimum Gasteiger partial charge on any atom is -0.465 e. The number of allylic oxidation sites excluding steroid dienone is 2. The molecule has 0 saturated heterocycles. The van der Waals surface area contributed by atoms with E-state index in [9.17, 15) is 9.59 Å². The Morgan fingerprint density at radius 3 is 2.30 bits per heavy atom. The Labute approximate surface area is 198 Å². The van der Waals surface area contributed by atoms with Gasteiger partial charge in [0.05, 0.1) is 23.5 Å². The van der Waals surface area contributed by atoms with Crippen molar-refractivity contribution in [3.63, 3.8) is 0 Å². The number of carbonyl (C=O) groups excluding carboxylic acids is 2. The zero-order valence-electron chi connectivity index (χ0n) is 19.3. The second-order valence-electron chi connectivity index (χ2n) is 8.09. The maximum absolute atomic E-state index is 13.4. The van der Waals surface area contributed by atoms with Gasteiger partial charge in [0.1, 0.15) is 5.57 Å². The van der Waals surface area contributed by atoms with Crippen molar-refractivity contribution in [1.82, 2.24) is 4.57 Å². The van der Waals surface area contributed by atoms with E-state index in [0.717, 1.165) is 33.9 Å². The first-order valence-corrected chi connectivity index (χ1v) is 11.0. The highest BCUT2D eigenvalue weighted by Gasteiger charge is 2.38. The van der Waals surface area contributed by atoms with Crippen molar-refractivity contribution in [3.8, 4) is 5.69 Å². The Balaban J connectivity index is 1.88. The van der Waals surface area contributed by atoms with Crippen molar-refractivity contribution in [2.24, 2.45) is 0 Å². The van der Waals surface area contributed by atoms with Crippen LogP contribution in [0.1, 0.15) is 29.4 Å². The summed E-state index contributed by atoms with van der Waals surface area (Å²) in [6, 6.07) is 17.5. The molecule has 0 spiro atoms. The molecular weight excluding hydrogens is 436 g/mol. The SMILES string of the molecule is COC(=O)C1=C(C)N(c2ccc(C)cc2)/C(=C\c2cc(C)n(-c3ccccc3Cl)c2C)C1=O. The lowest BCUT2D eigenvalue weighted by atomic mass is 10.1. The number of carbonyl (C=O) groups is 2. The normalized spacial score (nSPS) is 15.0. The Kier molecular flexibility index (Phi) is 6.00. The molecule has 5 nitrogen and oxygen atoms in total. The van der Waals surface area contributed by atoms with Crippen LogP contribution in [-0.2, 0) is 14.3 Å². The molecule has 4 rings (SSSR count). The zero-order valence-corrected chi connectivity index (χ0v) is 20.0. The predicted molar refractivity (Wildman–Crippen MR) is 132 cm³/mol. The topological polar surface area (TPSA) is 51.5 Å². The molecule has 0 unspecified atom stereocenters. The smallest absolute Gasteiger partial charge is 0.343 e. The van der Waals surface area contributed by atoms with Crippen LogP contribution in [0.2, 0.25) is 5.02 Å². The van der Waals surface area contributed by atoms with E-state index in [1.54, 1.807) is 6.92 Å². The number of rotatable bonds is 4. The van der Waals surface area contributed by atoms with Gasteiger partial charge in [-0.2, -0.15) is 0 Å². The molecule has 1 aliphatic heterocycles. The molecule has 0 atom stereocenters. The number of hydrogen-bond donors (Lipinski definition) is 0. The number of halogens is 1. The van der Waals surface area contributed by atoms with Crippen LogP contribution < -0.4 is 4.90 Å². The number of esters is 1. The number of methoxy groups -OCH3 is 1. The van der Waals surface area contributed by atoms with Gasteiger partial charge in [0, 0.05) is 22.8 Å². The maximum Gasteiger partial charge on any atom is 0.343 e. The van der Waals surface area contributed by atoms with Gasteiger partial charge in [-0.1, -0.05) is 41.4 Å². The molecule has 6 heteroatoms. The molecule has 0 bridgehead atoms. The molecule has 33 heavy (non-hydrogen) atoms. The largest absolute Gasteiger partial charge is 0.465 e. The average Bonchev–Trinajstić information content (AvgIpc) is 3.20. The van der Waals surface area contributed by atoms with Gasteiger partial charge in [0.2, 0.25) is 5.78 Å². The Morgan fingerprint density at radius 1 is 1.00 bits per heavy atom. The first-order chi connectivity index (χ1) is 15.7. The van der Waals surface area contributed by atoms with Crippen LogP contribution in [0.25, 0.3) is 11.8 Å². The fourth-order valence-corrected chi connectivity index (χ4v) is 4.49. The van der Waals surface area contributed by atoms with Crippen LogP contribution in [0.15, 0.2) is 71.6 Å². The molecule has 0 aliphatic carbocycles. The van der Waals surface area contributed by atoms with Crippen LogP contribution in [0, 0.1) is 20.8 Å². The van der Waals surface area contributed by atoms with Gasteiger partial charge in [0.15, 0.2) is 0 Å². The van der Waals surface area contributed by atoms with E-state index >= 15 is 0 Å². The third-order valence-electron chi connectivity index (χ3n) is 5.94. The maximum atomic E-state index is 13.4. The van der Waals surface area contributed by atoms with Crippen molar-refractivity contribution >= 4 is 35.1 Å². The van der Waals surface area contributed by atoms with Crippen molar-refractivity contribution in [2.75, 3.05) is 12.0 Å². The monoisotopic (exact) mass is 460 g/mol. The molecule has 3 aromatic rings. The fraction of sp³-hybridized carbons (Fsp3) is 0.185. The Morgan fingerprint density at radius 2 is 1.67 bits per heavy atom. The summed E-state index contributed by atoms with van der Waals surface area (Å²) in [6.45, 7) is 7.75. The molecule has 0 radical (unpaired) electrons. The first kappa shape index (κ1) is 22.6. The molecule has 1 aromatic heterocycles. The first-order valence-electron chi connectivity index (χ1n) is 10.6. The second-order valence-corrected chi connectivity index (χ2v) is 8.50. The van der Waals surface area contributed by atoms with Crippen molar-refractivity contribution in [1.29, 1.82) is 0 Å². The number of benzene rings is 2.